The third-order valence-electron chi connectivity index (χ3n) is 3.38. The number of nitrogens with two attached hydrogens (primary N) is 1. The Morgan fingerprint density at radius 1 is 1.47 bits per heavy atom. The first kappa shape index (κ1) is 12.5. The number of hydrogen-bond acceptors (Lipinski definition) is 3. The van der Waals surface area contributed by atoms with Crippen molar-refractivity contribution in [2.24, 2.45) is 11.7 Å². The standard InChI is InChI=1S/C12H16FNO2S/c1-8-2-3-10(13)6-11(8)12(14)9-4-5-17(15,16)7-9/h2-3,6,9,12H,4-5,7,14H2,1H3. The predicted octanol–water partition coefficient (Wildman–Crippen LogP) is 1.57. The Bertz CT molecular complexity index is 527. The fourth-order valence-electron chi connectivity index (χ4n) is 2.33. The van der Waals surface area contributed by atoms with Gasteiger partial charge in [-0.3, -0.25) is 0 Å². The molecule has 1 aromatic rings. The second kappa shape index (κ2) is 4.38. The van der Waals surface area contributed by atoms with Gasteiger partial charge in [-0.15, -0.1) is 0 Å². The summed E-state index contributed by atoms with van der Waals surface area (Å²) >= 11 is 0. The first-order chi connectivity index (χ1) is 7.89. The highest BCUT2D eigenvalue weighted by Crippen LogP contribution is 2.31. The molecule has 2 N–H and O–H groups in total. The molecule has 1 saturated heterocycles. The summed E-state index contributed by atoms with van der Waals surface area (Å²) in [6.45, 7) is 1.86. The Kier molecular flexibility index (Phi) is 3.23. The Morgan fingerprint density at radius 3 is 2.76 bits per heavy atom. The van der Waals surface area contributed by atoms with E-state index >= 15 is 0 Å². The summed E-state index contributed by atoms with van der Waals surface area (Å²) < 4.78 is 36.0. The van der Waals surface area contributed by atoms with Crippen molar-refractivity contribution >= 4 is 9.84 Å². The lowest BCUT2D eigenvalue weighted by molar-refractivity contribution is 0.475. The molecule has 2 atom stereocenters. The molecular weight excluding hydrogens is 241 g/mol. The van der Waals surface area contributed by atoms with Crippen LogP contribution in [0.5, 0.6) is 0 Å². The van der Waals surface area contributed by atoms with E-state index in [-0.39, 0.29) is 23.2 Å². The number of sulfone groups is 1. The maximum atomic E-state index is 13.2. The van der Waals surface area contributed by atoms with Crippen LogP contribution in [0, 0.1) is 18.7 Å². The minimum absolute atomic E-state index is 0.0968. The molecule has 1 fully saturated rings. The highest BCUT2D eigenvalue weighted by molar-refractivity contribution is 7.91. The second-order valence-electron chi connectivity index (χ2n) is 4.69. The van der Waals surface area contributed by atoms with E-state index in [4.69, 9.17) is 5.73 Å². The third kappa shape index (κ3) is 2.66. The fraction of sp³-hybridized carbons (Fsp3) is 0.500. The number of benzene rings is 1. The molecule has 0 spiro atoms. The van der Waals surface area contributed by atoms with Gasteiger partial charge in [-0.2, -0.15) is 0 Å². The number of halogens is 1. The molecule has 0 aliphatic carbocycles. The first-order valence-electron chi connectivity index (χ1n) is 5.61. The van der Waals surface area contributed by atoms with Crippen LogP contribution in [0.4, 0.5) is 4.39 Å². The maximum absolute atomic E-state index is 13.2. The van der Waals surface area contributed by atoms with Crippen LogP contribution < -0.4 is 5.73 Å². The van der Waals surface area contributed by atoms with E-state index in [9.17, 15) is 12.8 Å². The van der Waals surface area contributed by atoms with Gasteiger partial charge >= 0.3 is 0 Å². The molecule has 0 amide bonds. The van der Waals surface area contributed by atoms with Crippen LogP contribution in [0.25, 0.3) is 0 Å². The monoisotopic (exact) mass is 257 g/mol. The predicted molar refractivity (Wildman–Crippen MR) is 64.8 cm³/mol. The molecule has 3 nitrogen and oxygen atoms in total. The van der Waals surface area contributed by atoms with Gasteiger partial charge in [0.15, 0.2) is 9.84 Å². The lowest BCUT2D eigenvalue weighted by Crippen LogP contribution is -2.23. The summed E-state index contributed by atoms with van der Waals surface area (Å²) in [5.41, 5.74) is 7.68. The largest absolute Gasteiger partial charge is 0.324 e. The number of aryl methyl sites for hydroxylation is 1. The zero-order valence-corrected chi connectivity index (χ0v) is 10.5. The molecule has 17 heavy (non-hydrogen) atoms. The van der Waals surface area contributed by atoms with Crippen LogP contribution in [-0.4, -0.2) is 19.9 Å². The molecule has 1 aromatic carbocycles. The third-order valence-corrected chi connectivity index (χ3v) is 5.17. The van der Waals surface area contributed by atoms with Gasteiger partial charge in [0.05, 0.1) is 11.5 Å². The molecule has 0 radical (unpaired) electrons. The van der Waals surface area contributed by atoms with E-state index in [2.05, 4.69) is 0 Å². The minimum atomic E-state index is -2.95. The highest BCUT2D eigenvalue weighted by Gasteiger charge is 2.33. The summed E-state index contributed by atoms with van der Waals surface area (Å²) in [5, 5.41) is 0. The van der Waals surface area contributed by atoms with Gasteiger partial charge in [0.1, 0.15) is 5.82 Å². The van der Waals surface area contributed by atoms with Crippen molar-refractivity contribution in [1.82, 2.24) is 0 Å². The zero-order chi connectivity index (χ0) is 12.6. The minimum Gasteiger partial charge on any atom is -0.324 e. The Hall–Kier alpha value is -0.940. The lowest BCUT2D eigenvalue weighted by Gasteiger charge is -2.20. The molecule has 1 aliphatic heterocycles. The molecule has 94 valence electrons. The van der Waals surface area contributed by atoms with E-state index < -0.39 is 15.9 Å². The topological polar surface area (TPSA) is 60.2 Å². The summed E-state index contributed by atoms with van der Waals surface area (Å²) in [5.74, 6) is -0.119. The normalized spacial score (nSPS) is 24.8. The molecule has 1 aliphatic rings. The van der Waals surface area contributed by atoms with E-state index in [0.717, 1.165) is 5.56 Å². The van der Waals surface area contributed by atoms with E-state index in [1.165, 1.54) is 12.1 Å². The van der Waals surface area contributed by atoms with Gasteiger partial charge in [-0.25, -0.2) is 12.8 Å². The number of rotatable bonds is 2. The van der Waals surface area contributed by atoms with Gasteiger partial charge in [0.25, 0.3) is 0 Å². The van der Waals surface area contributed by atoms with Gasteiger partial charge in [0.2, 0.25) is 0 Å². The molecule has 0 saturated carbocycles. The smallest absolute Gasteiger partial charge is 0.150 e. The Morgan fingerprint density at radius 2 is 2.18 bits per heavy atom. The number of hydrogen-bond donors (Lipinski definition) is 1. The second-order valence-corrected chi connectivity index (χ2v) is 6.92. The van der Waals surface area contributed by atoms with Gasteiger partial charge < -0.3 is 5.73 Å². The van der Waals surface area contributed by atoms with Crippen molar-refractivity contribution in [3.63, 3.8) is 0 Å². The van der Waals surface area contributed by atoms with Crippen molar-refractivity contribution < 1.29 is 12.8 Å². The van der Waals surface area contributed by atoms with Crippen molar-refractivity contribution in [2.75, 3.05) is 11.5 Å². The molecule has 2 rings (SSSR count). The Labute approximate surface area is 101 Å². The van der Waals surface area contributed by atoms with Crippen LogP contribution in [0.15, 0.2) is 18.2 Å². The quantitative estimate of drug-likeness (QED) is 0.874. The Balaban J connectivity index is 2.26. The van der Waals surface area contributed by atoms with Crippen molar-refractivity contribution in [1.29, 1.82) is 0 Å². The van der Waals surface area contributed by atoms with Crippen LogP contribution in [-0.2, 0) is 9.84 Å². The molecule has 1 heterocycles. The van der Waals surface area contributed by atoms with Gasteiger partial charge in [-0.05, 0) is 42.5 Å². The summed E-state index contributed by atoms with van der Waals surface area (Å²) in [6.07, 6.45) is 0.569. The summed E-state index contributed by atoms with van der Waals surface area (Å²) in [6, 6.07) is 4.07. The average molecular weight is 257 g/mol. The molecule has 5 heteroatoms. The molecular formula is C12H16FNO2S. The lowest BCUT2D eigenvalue weighted by atomic mass is 9.90. The van der Waals surface area contributed by atoms with Gasteiger partial charge in [0, 0.05) is 6.04 Å². The van der Waals surface area contributed by atoms with Crippen molar-refractivity contribution in [3.05, 3.63) is 35.1 Å². The van der Waals surface area contributed by atoms with Crippen molar-refractivity contribution in [3.8, 4) is 0 Å². The highest BCUT2D eigenvalue weighted by atomic mass is 32.2. The summed E-state index contributed by atoms with van der Waals surface area (Å²) in [4.78, 5) is 0. The van der Waals surface area contributed by atoms with E-state index in [1.54, 1.807) is 6.07 Å². The van der Waals surface area contributed by atoms with Crippen LogP contribution in [0.1, 0.15) is 23.6 Å². The molecule has 2 unspecified atom stereocenters. The van der Waals surface area contributed by atoms with Crippen LogP contribution >= 0.6 is 0 Å². The van der Waals surface area contributed by atoms with E-state index in [1.807, 2.05) is 6.92 Å². The van der Waals surface area contributed by atoms with Gasteiger partial charge in [-0.1, -0.05) is 6.07 Å². The average Bonchev–Trinajstić information content (AvgIpc) is 2.61. The molecule has 0 aromatic heterocycles. The van der Waals surface area contributed by atoms with Crippen LogP contribution in [0.3, 0.4) is 0 Å². The summed E-state index contributed by atoms with van der Waals surface area (Å²) in [7, 11) is -2.95. The first-order valence-corrected chi connectivity index (χ1v) is 7.43. The van der Waals surface area contributed by atoms with E-state index in [0.29, 0.717) is 12.0 Å². The fourth-order valence-corrected chi connectivity index (χ4v) is 4.19. The zero-order valence-electron chi connectivity index (χ0n) is 9.69. The SMILES string of the molecule is Cc1ccc(F)cc1C(N)C1CCS(=O)(=O)C1. The van der Waals surface area contributed by atoms with Crippen molar-refractivity contribution in [2.45, 2.75) is 19.4 Å². The maximum Gasteiger partial charge on any atom is 0.150 e. The molecule has 0 bridgehead atoms. The van der Waals surface area contributed by atoms with Crippen LogP contribution in [0.2, 0.25) is 0 Å².